The molecule has 0 saturated carbocycles. The van der Waals surface area contributed by atoms with E-state index in [1.807, 2.05) is 20.8 Å². The van der Waals surface area contributed by atoms with Crippen LogP contribution in [-0.4, -0.2) is 10.9 Å². The Morgan fingerprint density at radius 1 is 1.60 bits per heavy atom. The number of carbonyl (C=O) groups excluding carboxylic acids is 1. The molecular formula is C11H15ClN2O. The Bertz CT molecular complexity index is 363. The van der Waals surface area contributed by atoms with Crippen molar-refractivity contribution < 1.29 is 4.79 Å². The second-order valence-corrected chi connectivity index (χ2v) is 4.43. The number of carbonyl (C=O) groups is 1. The zero-order valence-electron chi connectivity index (χ0n) is 9.17. The van der Waals surface area contributed by atoms with Crippen molar-refractivity contribution in [2.75, 3.05) is 5.32 Å². The molecule has 82 valence electrons. The molecule has 15 heavy (non-hydrogen) atoms. The maximum atomic E-state index is 11.8. The number of rotatable bonds is 3. The molecular weight excluding hydrogens is 212 g/mol. The standard InChI is InChI=1S/C11H15ClN2O/c1-4-11(2,3)10(15)14-9-8(12)6-5-7-13-9/h5-7H,4H2,1-3H3,(H,13,14,15). The predicted molar refractivity (Wildman–Crippen MR) is 61.9 cm³/mol. The van der Waals surface area contributed by atoms with E-state index >= 15 is 0 Å². The van der Waals surface area contributed by atoms with Gasteiger partial charge in [-0.25, -0.2) is 4.98 Å². The van der Waals surface area contributed by atoms with Gasteiger partial charge in [0.2, 0.25) is 5.91 Å². The minimum absolute atomic E-state index is 0.0643. The molecule has 0 unspecified atom stereocenters. The average Bonchev–Trinajstić information content (AvgIpc) is 2.21. The van der Waals surface area contributed by atoms with Gasteiger partial charge in [0.25, 0.3) is 0 Å². The van der Waals surface area contributed by atoms with Crippen molar-refractivity contribution >= 4 is 23.3 Å². The average molecular weight is 227 g/mol. The summed E-state index contributed by atoms with van der Waals surface area (Å²) < 4.78 is 0. The highest BCUT2D eigenvalue weighted by Crippen LogP contribution is 2.24. The smallest absolute Gasteiger partial charge is 0.231 e. The molecule has 0 aliphatic heterocycles. The lowest BCUT2D eigenvalue weighted by Crippen LogP contribution is -2.30. The van der Waals surface area contributed by atoms with Crippen LogP contribution in [0.1, 0.15) is 27.2 Å². The van der Waals surface area contributed by atoms with Crippen LogP contribution in [0, 0.1) is 5.41 Å². The van der Waals surface area contributed by atoms with Crippen LogP contribution in [0.2, 0.25) is 5.02 Å². The van der Waals surface area contributed by atoms with Gasteiger partial charge in [0, 0.05) is 11.6 Å². The first-order valence-electron chi connectivity index (χ1n) is 4.89. The first kappa shape index (κ1) is 12.0. The number of hydrogen-bond donors (Lipinski definition) is 1. The second kappa shape index (κ2) is 4.62. The molecule has 0 spiro atoms. The minimum atomic E-state index is -0.402. The third-order valence-corrected chi connectivity index (χ3v) is 2.79. The summed E-state index contributed by atoms with van der Waals surface area (Å²) in [6.45, 7) is 5.75. The molecule has 0 saturated heterocycles. The fraction of sp³-hybridized carbons (Fsp3) is 0.455. The summed E-state index contributed by atoms with van der Waals surface area (Å²) in [7, 11) is 0. The van der Waals surface area contributed by atoms with Crippen molar-refractivity contribution in [3.63, 3.8) is 0 Å². The Labute approximate surface area is 94.9 Å². The van der Waals surface area contributed by atoms with Crippen molar-refractivity contribution in [2.24, 2.45) is 5.41 Å². The molecule has 0 bridgehead atoms. The van der Waals surface area contributed by atoms with Crippen molar-refractivity contribution in [2.45, 2.75) is 27.2 Å². The number of aromatic nitrogens is 1. The van der Waals surface area contributed by atoms with Crippen LogP contribution < -0.4 is 5.32 Å². The van der Waals surface area contributed by atoms with Gasteiger partial charge in [-0.3, -0.25) is 4.79 Å². The first-order valence-corrected chi connectivity index (χ1v) is 5.27. The van der Waals surface area contributed by atoms with Crippen molar-refractivity contribution in [1.82, 2.24) is 4.98 Å². The first-order chi connectivity index (χ1) is 6.97. The van der Waals surface area contributed by atoms with Crippen LogP contribution in [0.15, 0.2) is 18.3 Å². The fourth-order valence-corrected chi connectivity index (χ4v) is 1.08. The molecule has 3 nitrogen and oxygen atoms in total. The number of nitrogens with one attached hydrogen (secondary N) is 1. The topological polar surface area (TPSA) is 42.0 Å². The van der Waals surface area contributed by atoms with Crippen LogP contribution in [0.5, 0.6) is 0 Å². The molecule has 1 aromatic rings. The van der Waals surface area contributed by atoms with Gasteiger partial charge in [0.15, 0.2) is 5.82 Å². The normalized spacial score (nSPS) is 11.2. The monoisotopic (exact) mass is 226 g/mol. The summed E-state index contributed by atoms with van der Waals surface area (Å²) in [6, 6.07) is 3.42. The number of amides is 1. The molecule has 1 heterocycles. The molecule has 0 atom stereocenters. The van der Waals surface area contributed by atoms with Crippen molar-refractivity contribution in [3.05, 3.63) is 23.4 Å². The van der Waals surface area contributed by atoms with E-state index in [0.717, 1.165) is 6.42 Å². The van der Waals surface area contributed by atoms with E-state index in [1.165, 1.54) is 0 Å². The van der Waals surface area contributed by atoms with E-state index in [2.05, 4.69) is 10.3 Å². The maximum absolute atomic E-state index is 11.8. The van der Waals surface area contributed by atoms with Gasteiger partial charge in [0.1, 0.15) is 0 Å². The lowest BCUT2D eigenvalue weighted by molar-refractivity contribution is -0.124. The van der Waals surface area contributed by atoms with E-state index < -0.39 is 5.41 Å². The van der Waals surface area contributed by atoms with Crippen LogP contribution in [0.3, 0.4) is 0 Å². The molecule has 1 amide bonds. The van der Waals surface area contributed by atoms with Crippen LogP contribution in [0.4, 0.5) is 5.82 Å². The van der Waals surface area contributed by atoms with Crippen molar-refractivity contribution in [3.8, 4) is 0 Å². The third kappa shape index (κ3) is 2.93. The van der Waals surface area contributed by atoms with E-state index in [0.29, 0.717) is 10.8 Å². The van der Waals surface area contributed by atoms with E-state index in [9.17, 15) is 4.79 Å². The van der Waals surface area contributed by atoms with E-state index in [4.69, 9.17) is 11.6 Å². The molecule has 1 rings (SSSR count). The van der Waals surface area contributed by atoms with Gasteiger partial charge in [0.05, 0.1) is 5.02 Å². The highest BCUT2D eigenvalue weighted by Gasteiger charge is 2.25. The molecule has 1 aromatic heterocycles. The highest BCUT2D eigenvalue weighted by molar-refractivity contribution is 6.33. The third-order valence-electron chi connectivity index (χ3n) is 2.49. The summed E-state index contributed by atoms with van der Waals surface area (Å²) in [4.78, 5) is 15.8. The Balaban J connectivity index is 2.80. The largest absolute Gasteiger partial charge is 0.309 e. The highest BCUT2D eigenvalue weighted by atomic mass is 35.5. The summed E-state index contributed by atoms with van der Waals surface area (Å²) in [5.74, 6) is 0.358. The number of anilines is 1. The van der Waals surface area contributed by atoms with Gasteiger partial charge in [-0.05, 0) is 18.6 Å². The molecule has 0 aliphatic rings. The number of pyridine rings is 1. The SMILES string of the molecule is CCC(C)(C)C(=O)Nc1ncccc1Cl. The van der Waals surface area contributed by atoms with Gasteiger partial charge in [-0.15, -0.1) is 0 Å². The zero-order valence-corrected chi connectivity index (χ0v) is 9.93. The number of halogens is 1. The van der Waals surface area contributed by atoms with Gasteiger partial charge in [-0.1, -0.05) is 32.4 Å². The molecule has 0 radical (unpaired) electrons. The lowest BCUT2D eigenvalue weighted by atomic mass is 9.89. The zero-order chi connectivity index (χ0) is 11.5. The maximum Gasteiger partial charge on any atom is 0.231 e. The Hall–Kier alpha value is -1.09. The molecule has 1 N–H and O–H groups in total. The summed E-state index contributed by atoms with van der Waals surface area (Å²) in [5.41, 5.74) is -0.402. The van der Waals surface area contributed by atoms with Gasteiger partial charge >= 0.3 is 0 Å². The molecule has 0 aromatic carbocycles. The van der Waals surface area contributed by atoms with Gasteiger partial charge in [-0.2, -0.15) is 0 Å². The van der Waals surface area contributed by atoms with E-state index in [1.54, 1.807) is 18.3 Å². The van der Waals surface area contributed by atoms with Crippen LogP contribution >= 0.6 is 11.6 Å². The lowest BCUT2D eigenvalue weighted by Gasteiger charge is -2.21. The second-order valence-electron chi connectivity index (χ2n) is 4.03. The summed E-state index contributed by atoms with van der Waals surface area (Å²) in [5, 5.41) is 3.18. The fourth-order valence-electron chi connectivity index (χ4n) is 0.915. The molecule has 0 aliphatic carbocycles. The van der Waals surface area contributed by atoms with Crippen LogP contribution in [0.25, 0.3) is 0 Å². The number of nitrogens with zero attached hydrogens (tertiary/aromatic N) is 1. The summed E-state index contributed by atoms with van der Waals surface area (Å²) in [6.07, 6.45) is 2.36. The molecule has 0 fully saturated rings. The predicted octanol–water partition coefficient (Wildman–Crippen LogP) is 3.11. The Kier molecular flexibility index (Phi) is 3.69. The van der Waals surface area contributed by atoms with E-state index in [-0.39, 0.29) is 5.91 Å². The van der Waals surface area contributed by atoms with Crippen LogP contribution in [-0.2, 0) is 4.79 Å². The Morgan fingerprint density at radius 3 is 2.80 bits per heavy atom. The van der Waals surface area contributed by atoms with Gasteiger partial charge < -0.3 is 5.32 Å². The molecule has 4 heteroatoms. The minimum Gasteiger partial charge on any atom is -0.309 e. The Morgan fingerprint density at radius 2 is 2.27 bits per heavy atom. The summed E-state index contributed by atoms with van der Waals surface area (Å²) >= 11 is 5.88. The number of hydrogen-bond acceptors (Lipinski definition) is 2. The van der Waals surface area contributed by atoms with Crippen molar-refractivity contribution in [1.29, 1.82) is 0 Å². The quantitative estimate of drug-likeness (QED) is 0.861.